The van der Waals surface area contributed by atoms with Gasteiger partial charge >= 0.3 is 5.97 Å². The van der Waals surface area contributed by atoms with Crippen molar-refractivity contribution in [2.75, 3.05) is 14.2 Å². The third-order valence-electron chi connectivity index (χ3n) is 4.06. The molecule has 1 heterocycles. The number of carbonyl (C=O) groups is 2. The van der Waals surface area contributed by atoms with E-state index in [0.29, 0.717) is 22.9 Å². The Kier molecular flexibility index (Phi) is 4.52. The van der Waals surface area contributed by atoms with Crippen molar-refractivity contribution in [3.63, 3.8) is 0 Å². The van der Waals surface area contributed by atoms with Gasteiger partial charge < -0.3 is 14.0 Å². The van der Waals surface area contributed by atoms with Gasteiger partial charge in [-0.2, -0.15) is 0 Å². The molecule has 128 valence electrons. The van der Waals surface area contributed by atoms with Gasteiger partial charge in [0.25, 0.3) is 0 Å². The molecule has 0 saturated heterocycles. The minimum Gasteiger partial charge on any atom is -0.497 e. The SMILES string of the molecule is COC(=O)c1c(C=O)c2ccc(OC)cc2n1Cc1ccc(F)cc1. The zero-order valence-corrected chi connectivity index (χ0v) is 13.8. The maximum atomic E-state index is 13.2. The lowest BCUT2D eigenvalue weighted by Gasteiger charge is -2.10. The van der Waals surface area contributed by atoms with Gasteiger partial charge in [0, 0.05) is 18.0 Å². The van der Waals surface area contributed by atoms with Gasteiger partial charge in [-0.05, 0) is 29.8 Å². The van der Waals surface area contributed by atoms with E-state index in [-0.39, 0.29) is 23.6 Å². The number of fused-ring (bicyclic) bond motifs is 1. The van der Waals surface area contributed by atoms with Gasteiger partial charge in [0.15, 0.2) is 6.29 Å². The summed E-state index contributed by atoms with van der Waals surface area (Å²) in [6.45, 7) is 0.280. The molecule has 0 N–H and O–H groups in total. The summed E-state index contributed by atoms with van der Waals surface area (Å²) >= 11 is 0. The predicted octanol–water partition coefficient (Wildman–Crippen LogP) is 3.44. The summed E-state index contributed by atoms with van der Waals surface area (Å²) in [5, 5.41) is 0.623. The Hall–Kier alpha value is -3.15. The summed E-state index contributed by atoms with van der Waals surface area (Å²) in [5.74, 6) is -0.358. The van der Waals surface area contributed by atoms with E-state index in [1.54, 1.807) is 34.9 Å². The van der Waals surface area contributed by atoms with Crippen LogP contribution in [0, 0.1) is 5.82 Å². The van der Waals surface area contributed by atoms with Gasteiger partial charge in [-0.1, -0.05) is 12.1 Å². The maximum Gasteiger partial charge on any atom is 0.355 e. The molecule has 5 nitrogen and oxygen atoms in total. The normalized spacial score (nSPS) is 10.7. The van der Waals surface area contributed by atoms with Crippen LogP contribution in [0.15, 0.2) is 42.5 Å². The Bertz CT molecular complexity index is 944. The average Bonchev–Trinajstić information content (AvgIpc) is 2.95. The molecule has 0 aliphatic rings. The third-order valence-corrected chi connectivity index (χ3v) is 4.06. The average molecular weight is 341 g/mol. The second-order valence-corrected chi connectivity index (χ2v) is 5.47. The van der Waals surface area contributed by atoms with Gasteiger partial charge in [0.2, 0.25) is 0 Å². The fourth-order valence-corrected chi connectivity index (χ4v) is 2.86. The van der Waals surface area contributed by atoms with Gasteiger partial charge in [0.1, 0.15) is 17.3 Å². The minimum absolute atomic E-state index is 0.157. The Morgan fingerprint density at radius 3 is 2.48 bits per heavy atom. The molecule has 3 rings (SSSR count). The van der Waals surface area contributed by atoms with Crippen molar-refractivity contribution in [1.82, 2.24) is 4.57 Å². The van der Waals surface area contributed by atoms with E-state index in [2.05, 4.69) is 0 Å². The van der Waals surface area contributed by atoms with E-state index in [1.807, 2.05) is 0 Å². The highest BCUT2D eigenvalue weighted by atomic mass is 19.1. The van der Waals surface area contributed by atoms with Crippen molar-refractivity contribution in [2.24, 2.45) is 0 Å². The number of benzene rings is 2. The Labute approximate surface area is 143 Å². The zero-order valence-electron chi connectivity index (χ0n) is 13.8. The van der Waals surface area contributed by atoms with Gasteiger partial charge in [-0.25, -0.2) is 9.18 Å². The van der Waals surface area contributed by atoms with E-state index in [1.165, 1.54) is 26.4 Å². The number of esters is 1. The number of hydrogen-bond donors (Lipinski definition) is 0. The van der Waals surface area contributed by atoms with Crippen molar-refractivity contribution < 1.29 is 23.5 Å². The molecule has 0 unspecified atom stereocenters. The Balaban J connectivity index is 2.26. The number of nitrogens with zero attached hydrogens (tertiary/aromatic N) is 1. The molecule has 3 aromatic rings. The summed E-state index contributed by atoms with van der Waals surface area (Å²) in [6, 6.07) is 11.1. The van der Waals surface area contributed by atoms with Crippen LogP contribution in [0.25, 0.3) is 10.9 Å². The van der Waals surface area contributed by atoms with Crippen LogP contribution in [0.2, 0.25) is 0 Å². The lowest BCUT2D eigenvalue weighted by Crippen LogP contribution is -2.13. The number of methoxy groups -OCH3 is 2. The summed E-state index contributed by atoms with van der Waals surface area (Å²) < 4.78 is 24.9. The highest BCUT2D eigenvalue weighted by molar-refractivity contribution is 6.09. The van der Waals surface area contributed by atoms with Crippen molar-refractivity contribution >= 4 is 23.2 Å². The number of aldehydes is 1. The smallest absolute Gasteiger partial charge is 0.355 e. The molecule has 0 saturated carbocycles. The third kappa shape index (κ3) is 2.98. The molecule has 1 aromatic heterocycles. The first-order chi connectivity index (χ1) is 12.1. The fraction of sp³-hybridized carbons (Fsp3) is 0.158. The van der Waals surface area contributed by atoms with Gasteiger partial charge in [-0.15, -0.1) is 0 Å². The van der Waals surface area contributed by atoms with Crippen LogP contribution in [0.3, 0.4) is 0 Å². The second-order valence-electron chi connectivity index (χ2n) is 5.47. The summed E-state index contributed by atoms with van der Waals surface area (Å²) in [5.41, 5.74) is 1.85. The van der Waals surface area contributed by atoms with E-state index in [0.717, 1.165) is 5.56 Å². The molecular weight excluding hydrogens is 325 g/mol. The number of aromatic nitrogens is 1. The number of halogens is 1. The van der Waals surface area contributed by atoms with Crippen LogP contribution in [-0.2, 0) is 11.3 Å². The molecule has 0 atom stereocenters. The quantitative estimate of drug-likeness (QED) is 0.527. The van der Waals surface area contributed by atoms with Crippen LogP contribution in [0.4, 0.5) is 4.39 Å². The molecule has 2 aromatic carbocycles. The highest BCUT2D eigenvalue weighted by Crippen LogP contribution is 2.30. The first-order valence-corrected chi connectivity index (χ1v) is 7.57. The first kappa shape index (κ1) is 16.7. The molecule has 0 amide bonds. The van der Waals surface area contributed by atoms with Gasteiger partial charge in [-0.3, -0.25) is 4.79 Å². The van der Waals surface area contributed by atoms with Crippen molar-refractivity contribution in [3.05, 3.63) is 65.1 Å². The van der Waals surface area contributed by atoms with Crippen LogP contribution in [0.1, 0.15) is 26.4 Å². The first-order valence-electron chi connectivity index (χ1n) is 7.57. The van der Waals surface area contributed by atoms with Gasteiger partial charge in [0.05, 0.1) is 25.3 Å². The fourth-order valence-electron chi connectivity index (χ4n) is 2.86. The maximum absolute atomic E-state index is 13.2. The lowest BCUT2D eigenvalue weighted by atomic mass is 10.1. The molecule has 25 heavy (non-hydrogen) atoms. The molecule has 0 aliphatic carbocycles. The highest BCUT2D eigenvalue weighted by Gasteiger charge is 2.23. The largest absolute Gasteiger partial charge is 0.497 e. The van der Waals surface area contributed by atoms with E-state index in [9.17, 15) is 14.0 Å². The van der Waals surface area contributed by atoms with Crippen molar-refractivity contribution in [2.45, 2.75) is 6.54 Å². The van der Waals surface area contributed by atoms with Crippen molar-refractivity contribution in [3.8, 4) is 5.75 Å². The zero-order chi connectivity index (χ0) is 18.0. The van der Waals surface area contributed by atoms with Crippen LogP contribution >= 0.6 is 0 Å². The number of hydrogen-bond acceptors (Lipinski definition) is 4. The number of rotatable bonds is 5. The summed E-state index contributed by atoms with van der Waals surface area (Å²) in [7, 11) is 2.80. The molecule has 0 bridgehead atoms. The second kappa shape index (κ2) is 6.76. The Morgan fingerprint density at radius 1 is 1.16 bits per heavy atom. The van der Waals surface area contributed by atoms with Crippen LogP contribution in [0.5, 0.6) is 5.75 Å². The minimum atomic E-state index is -0.612. The Morgan fingerprint density at radius 2 is 1.88 bits per heavy atom. The standard InChI is InChI=1S/C19H16FNO4/c1-24-14-7-8-15-16(11-22)18(19(23)25-2)21(17(15)9-14)10-12-3-5-13(20)6-4-12/h3-9,11H,10H2,1-2H3. The van der Waals surface area contributed by atoms with E-state index < -0.39 is 5.97 Å². The van der Waals surface area contributed by atoms with Crippen molar-refractivity contribution in [1.29, 1.82) is 0 Å². The van der Waals surface area contributed by atoms with Crippen LogP contribution in [-0.4, -0.2) is 31.0 Å². The molecule has 0 spiro atoms. The molecule has 0 radical (unpaired) electrons. The summed E-state index contributed by atoms with van der Waals surface area (Å²) in [6.07, 6.45) is 0.641. The number of carbonyl (C=O) groups excluding carboxylic acids is 2. The predicted molar refractivity (Wildman–Crippen MR) is 90.7 cm³/mol. The molecule has 0 fully saturated rings. The van der Waals surface area contributed by atoms with E-state index >= 15 is 0 Å². The molecule has 0 aliphatic heterocycles. The topological polar surface area (TPSA) is 57.5 Å². The summed E-state index contributed by atoms with van der Waals surface area (Å²) in [4.78, 5) is 23.9. The number of ether oxygens (including phenoxy) is 2. The lowest BCUT2D eigenvalue weighted by molar-refractivity contribution is 0.0587. The van der Waals surface area contributed by atoms with E-state index in [4.69, 9.17) is 9.47 Å². The molecular formula is C19H16FNO4. The molecule has 6 heteroatoms. The van der Waals surface area contributed by atoms with Crippen LogP contribution < -0.4 is 4.74 Å². The monoisotopic (exact) mass is 341 g/mol.